The Morgan fingerprint density at radius 3 is 2.70 bits per heavy atom. The van der Waals surface area contributed by atoms with Gasteiger partial charge in [-0.1, -0.05) is 25.5 Å². The van der Waals surface area contributed by atoms with Crippen LogP contribution in [0.3, 0.4) is 0 Å². The molecule has 6 atom stereocenters. The minimum atomic E-state index is -3.12. The first kappa shape index (κ1) is 28.1. The minimum absolute atomic E-state index is 0.0433. The average Bonchev–Trinajstić information content (AvgIpc) is 3.07. The predicted molar refractivity (Wildman–Crippen MR) is 121 cm³/mol. The number of aliphatic carboxylic acids is 1. The Labute approximate surface area is 196 Å². The first-order chi connectivity index (χ1) is 15.7. The lowest BCUT2D eigenvalue weighted by atomic mass is 9.85. The number of aliphatic hydroxyl groups is 2. The van der Waals surface area contributed by atoms with E-state index in [1.165, 1.54) is 0 Å². The zero-order chi connectivity index (χ0) is 24.3. The number of hydrogen-bond acceptors (Lipinski definition) is 5. The molecule has 1 aliphatic carbocycles. The van der Waals surface area contributed by atoms with E-state index >= 15 is 0 Å². The molecule has 8 heteroatoms. The number of hydrogen-bond donors (Lipinski definition) is 3. The van der Waals surface area contributed by atoms with Gasteiger partial charge in [-0.3, -0.25) is 4.79 Å². The summed E-state index contributed by atoms with van der Waals surface area (Å²) in [5.74, 6) is -4.26. The number of halogens is 2. The van der Waals surface area contributed by atoms with Gasteiger partial charge in [-0.25, -0.2) is 8.78 Å². The summed E-state index contributed by atoms with van der Waals surface area (Å²) in [6.07, 6.45) is 6.95. The molecule has 3 N–H and O–H groups in total. The summed E-state index contributed by atoms with van der Waals surface area (Å²) in [5.41, 5.74) is 0. The monoisotopic (exact) mass is 476 g/mol. The van der Waals surface area contributed by atoms with Crippen LogP contribution >= 0.6 is 0 Å². The van der Waals surface area contributed by atoms with Crippen molar-refractivity contribution in [1.82, 2.24) is 0 Å². The fourth-order valence-electron chi connectivity index (χ4n) is 4.93. The molecule has 0 spiro atoms. The van der Waals surface area contributed by atoms with Crippen molar-refractivity contribution in [3.63, 3.8) is 0 Å². The van der Waals surface area contributed by atoms with Crippen molar-refractivity contribution in [2.45, 2.75) is 121 Å². The third-order valence-corrected chi connectivity index (χ3v) is 6.92. The van der Waals surface area contributed by atoms with Gasteiger partial charge in [-0.2, -0.15) is 0 Å². The van der Waals surface area contributed by atoms with Gasteiger partial charge in [0.2, 0.25) is 0 Å². The number of unbranched alkanes of at least 4 members (excludes halogenated alkanes) is 2. The molecular formula is C25H42F2O6. The van der Waals surface area contributed by atoms with Crippen molar-refractivity contribution >= 4 is 5.97 Å². The Bertz CT molecular complexity index is 593. The highest BCUT2D eigenvalue weighted by Crippen LogP contribution is 2.42. The minimum Gasteiger partial charge on any atom is -0.481 e. The molecule has 1 heterocycles. The summed E-state index contributed by atoms with van der Waals surface area (Å²) in [6.45, 7) is 2.48. The number of rotatable bonds is 15. The molecule has 2 fully saturated rings. The maximum absolute atomic E-state index is 14.3. The number of ether oxygens (including phenoxy) is 2. The smallest absolute Gasteiger partial charge is 0.303 e. The summed E-state index contributed by atoms with van der Waals surface area (Å²) < 4.78 is 40.5. The van der Waals surface area contributed by atoms with Gasteiger partial charge in [0.15, 0.2) is 6.29 Å². The SMILES string of the molecule is CCCCC(F)(F)C(O)CC[C@@H]1[C@@H](C/C=C\CCCC(=O)O)[C@H](O)C[C@H]1OC1CCCCO1. The lowest BCUT2D eigenvalue weighted by molar-refractivity contribution is -0.197. The second-order valence-electron chi connectivity index (χ2n) is 9.55. The lowest BCUT2D eigenvalue weighted by Crippen LogP contribution is -2.36. The van der Waals surface area contributed by atoms with Gasteiger partial charge in [0, 0.05) is 25.9 Å². The number of alkyl halides is 2. The number of carbonyl (C=O) groups is 1. The van der Waals surface area contributed by atoms with Gasteiger partial charge in [0.25, 0.3) is 5.92 Å². The van der Waals surface area contributed by atoms with Crippen LogP contribution in [0.25, 0.3) is 0 Å². The molecule has 2 rings (SSSR count). The summed E-state index contributed by atoms with van der Waals surface area (Å²) in [5, 5.41) is 29.7. The number of carboxylic acids is 1. The molecule has 0 aromatic carbocycles. The molecular weight excluding hydrogens is 434 g/mol. The van der Waals surface area contributed by atoms with Crippen LogP contribution in [-0.4, -0.2) is 58.4 Å². The fraction of sp³-hybridized carbons (Fsp3) is 0.880. The van der Waals surface area contributed by atoms with Crippen LogP contribution < -0.4 is 0 Å². The summed E-state index contributed by atoms with van der Waals surface area (Å²) >= 11 is 0. The van der Waals surface area contributed by atoms with Crippen molar-refractivity contribution < 1.29 is 38.4 Å². The van der Waals surface area contributed by atoms with Crippen LogP contribution in [0.15, 0.2) is 12.2 Å². The first-order valence-electron chi connectivity index (χ1n) is 12.6. The van der Waals surface area contributed by atoms with E-state index in [4.69, 9.17) is 14.6 Å². The van der Waals surface area contributed by atoms with E-state index in [1.54, 1.807) is 0 Å². The maximum Gasteiger partial charge on any atom is 0.303 e. The van der Waals surface area contributed by atoms with Crippen LogP contribution in [0, 0.1) is 11.8 Å². The second-order valence-corrected chi connectivity index (χ2v) is 9.55. The van der Waals surface area contributed by atoms with Crippen LogP contribution in [0.5, 0.6) is 0 Å². The molecule has 0 bridgehead atoms. The highest BCUT2D eigenvalue weighted by atomic mass is 19.3. The molecule has 1 aliphatic heterocycles. The highest BCUT2D eigenvalue weighted by Gasteiger charge is 2.45. The van der Waals surface area contributed by atoms with E-state index in [1.807, 2.05) is 19.1 Å². The van der Waals surface area contributed by atoms with E-state index in [9.17, 15) is 23.8 Å². The average molecular weight is 477 g/mol. The topological polar surface area (TPSA) is 96.2 Å². The van der Waals surface area contributed by atoms with Crippen molar-refractivity contribution in [2.24, 2.45) is 11.8 Å². The maximum atomic E-state index is 14.3. The van der Waals surface area contributed by atoms with Gasteiger partial charge < -0.3 is 24.8 Å². The molecule has 2 unspecified atom stereocenters. The van der Waals surface area contributed by atoms with Crippen molar-refractivity contribution in [3.05, 3.63) is 12.2 Å². The molecule has 0 amide bonds. The van der Waals surface area contributed by atoms with Crippen molar-refractivity contribution in [3.8, 4) is 0 Å². The van der Waals surface area contributed by atoms with Crippen LogP contribution in [0.4, 0.5) is 8.78 Å². The summed E-state index contributed by atoms with van der Waals surface area (Å²) in [4.78, 5) is 10.6. The second kappa shape index (κ2) is 14.3. The first-order valence-corrected chi connectivity index (χ1v) is 12.6. The Kier molecular flexibility index (Phi) is 12.2. The normalized spacial score (nSPS) is 29.5. The van der Waals surface area contributed by atoms with Crippen LogP contribution in [-0.2, 0) is 14.3 Å². The van der Waals surface area contributed by atoms with Gasteiger partial charge in [-0.15, -0.1) is 0 Å². The molecule has 1 saturated heterocycles. The zero-order valence-corrected chi connectivity index (χ0v) is 19.8. The number of allylic oxidation sites excluding steroid dienone is 2. The third kappa shape index (κ3) is 9.59. The zero-order valence-electron chi connectivity index (χ0n) is 19.8. The fourth-order valence-corrected chi connectivity index (χ4v) is 4.93. The van der Waals surface area contributed by atoms with Crippen LogP contribution in [0.2, 0.25) is 0 Å². The molecule has 0 aromatic rings. The Morgan fingerprint density at radius 1 is 1.24 bits per heavy atom. The lowest BCUT2D eigenvalue weighted by Gasteiger charge is -2.31. The Balaban J connectivity index is 1.98. The van der Waals surface area contributed by atoms with Gasteiger partial charge in [0.05, 0.1) is 12.2 Å². The van der Waals surface area contributed by atoms with Crippen molar-refractivity contribution in [2.75, 3.05) is 6.61 Å². The molecule has 1 saturated carbocycles. The van der Waals surface area contributed by atoms with E-state index in [0.717, 1.165) is 19.3 Å². The van der Waals surface area contributed by atoms with Gasteiger partial charge in [0.1, 0.15) is 6.10 Å². The number of aliphatic hydroxyl groups excluding tert-OH is 2. The van der Waals surface area contributed by atoms with E-state index in [0.29, 0.717) is 51.6 Å². The highest BCUT2D eigenvalue weighted by molar-refractivity contribution is 5.66. The molecule has 0 radical (unpaired) electrons. The molecule has 0 aromatic heterocycles. The van der Waals surface area contributed by atoms with E-state index in [-0.39, 0.29) is 43.5 Å². The largest absolute Gasteiger partial charge is 0.481 e. The van der Waals surface area contributed by atoms with Crippen molar-refractivity contribution in [1.29, 1.82) is 0 Å². The molecule has 192 valence electrons. The molecule has 33 heavy (non-hydrogen) atoms. The standard InChI is InChI=1S/C25H42F2O6/c1-2-3-15-25(26,27)22(29)14-13-19-18(10-6-4-5-7-11-23(30)31)20(28)17-21(19)33-24-12-8-9-16-32-24/h4,6,18-22,24,28-29H,2-3,5,7-17H2,1H3,(H,30,31)/b6-4-/t18-,19-,20-,21-,22?,24?/m1/s1. The molecule has 6 nitrogen and oxygen atoms in total. The Morgan fingerprint density at radius 2 is 2.03 bits per heavy atom. The van der Waals surface area contributed by atoms with Gasteiger partial charge >= 0.3 is 5.97 Å². The van der Waals surface area contributed by atoms with Crippen LogP contribution in [0.1, 0.15) is 90.4 Å². The van der Waals surface area contributed by atoms with E-state index in [2.05, 4.69) is 0 Å². The number of carboxylic acid groups (broad SMARTS) is 1. The predicted octanol–water partition coefficient (Wildman–Crippen LogP) is 5.06. The molecule has 2 aliphatic rings. The summed E-state index contributed by atoms with van der Waals surface area (Å²) in [6, 6.07) is 0. The van der Waals surface area contributed by atoms with E-state index < -0.39 is 24.1 Å². The summed E-state index contributed by atoms with van der Waals surface area (Å²) in [7, 11) is 0. The Hall–Kier alpha value is -1.09. The quantitative estimate of drug-likeness (QED) is 0.226. The van der Waals surface area contributed by atoms with Gasteiger partial charge in [-0.05, 0) is 69.6 Å². The third-order valence-electron chi connectivity index (χ3n) is 6.92.